The molecule has 2 fully saturated rings. The summed E-state index contributed by atoms with van der Waals surface area (Å²) in [6.07, 6.45) is 5.15. The van der Waals surface area contributed by atoms with Gasteiger partial charge in [0.1, 0.15) is 5.75 Å². The van der Waals surface area contributed by atoms with E-state index in [1.54, 1.807) is 18.2 Å². The van der Waals surface area contributed by atoms with E-state index in [0.29, 0.717) is 6.04 Å². The second kappa shape index (κ2) is 8.26. The number of hydrogen-bond donors (Lipinski definition) is 0. The summed E-state index contributed by atoms with van der Waals surface area (Å²) in [5.41, 5.74) is 1.04. The summed E-state index contributed by atoms with van der Waals surface area (Å²) in [5.74, 6) is 1.04. The van der Waals surface area contributed by atoms with Gasteiger partial charge >= 0.3 is 6.61 Å². The molecular weight excluding hydrogens is 310 g/mol. The van der Waals surface area contributed by atoms with Gasteiger partial charge in [0.15, 0.2) is 0 Å². The Labute approximate surface area is 143 Å². The average Bonchev–Trinajstić information content (AvgIpc) is 3.09. The van der Waals surface area contributed by atoms with Crippen LogP contribution in [0.4, 0.5) is 8.78 Å². The van der Waals surface area contributed by atoms with Gasteiger partial charge in [0.2, 0.25) is 0 Å². The summed E-state index contributed by atoms with van der Waals surface area (Å²) in [4.78, 5) is 5.07. The minimum atomic E-state index is -2.76. The van der Waals surface area contributed by atoms with Gasteiger partial charge in [0.05, 0.1) is 0 Å². The molecule has 5 heteroatoms. The zero-order valence-corrected chi connectivity index (χ0v) is 14.5. The first-order valence-corrected chi connectivity index (χ1v) is 9.12. The third-order valence-electron chi connectivity index (χ3n) is 5.56. The molecule has 1 aromatic rings. The van der Waals surface area contributed by atoms with Gasteiger partial charge in [0.25, 0.3) is 0 Å². The van der Waals surface area contributed by atoms with Gasteiger partial charge < -0.3 is 9.64 Å². The second-order valence-corrected chi connectivity index (χ2v) is 7.12. The number of hydrogen-bond acceptors (Lipinski definition) is 3. The first-order chi connectivity index (χ1) is 11.6. The van der Waals surface area contributed by atoms with Crippen molar-refractivity contribution < 1.29 is 13.5 Å². The number of halogens is 2. The Kier molecular flexibility index (Phi) is 6.06. The van der Waals surface area contributed by atoms with E-state index in [4.69, 9.17) is 0 Å². The molecule has 0 unspecified atom stereocenters. The smallest absolute Gasteiger partial charge is 0.387 e. The van der Waals surface area contributed by atoms with Gasteiger partial charge in [-0.3, -0.25) is 4.90 Å². The Bertz CT molecular complexity index is 512. The maximum atomic E-state index is 12.3. The third-order valence-corrected chi connectivity index (χ3v) is 5.56. The quantitative estimate of drug-likeness (QED) is 0.780. The molecule has 0 saturated carbocycles. The van der Waals surface area contributed by atoms with Crippen LogP contribution in [0.25, 0.3) is 0 Å². The molecule has 1 atom stereocenters. The molecule has 2 aliphatic heterocycles. The topological polar surface area (TPSA) is 15.7 Å². The minimum absolute atomic E-state index is 0.250. The van der Waals surface area contributed by atoms with E-state index in [0.717, 1.165) is 31.1 Å². The summed E-state index contributed by atoms with van der Waals surface area (Å²) in [6, 6.07) is 7.77. The molecule has 0 N–H and O–H groups in total. The SMILES string of the molecule is C[C@@H](C1CCN(Cc2cccc(OC(F)F)c2)CC1)N1CCCC1. The monoisotopic (exact) mass is 338 g/mol. The molecule has 134 valence electrons. The molecule has 0 amide bonds. The fourth-order valence-electron chi connectivity index (χ4n) is 4.12. The lowest BCUT2D eigenvalue weighted by atomic mass is 9.89. The Hall–Kier alpha value is -1.20. The highest BCUT2D eigenvalue weighted by Gasteiger charge is 2.28. The van der Waals surface area contributed by atoms with Crippen molar-refractivity contribution in [2.75, 3.05) is 26.2 Å². The van der Waals surface area contributed by atoms with Crippen LogP contribution in [0.3, 0.4) is 0 Å². The van der Waals surface area contributed by atoms with Gasteiger partial charge in [-0.05, 0) is 82.4 Å². The molecule has 0 radical (unpaired) electrons. The lowest BCUT2D eigenvalue weighted by Gasteiger charge is -2.38. The Balaban J connectivity index is 1.48. The zero-order valence-electron chi connectivity index (χ0n) is 14.5. The first kappa shape index (κ1) is 17.6. The molecule has 2 heterocycles. The molecule has 0 bridgehead atoms. The van der Waals surface area contributed by atoms with Crippen molar-refractivity contribution in [3.05, 3.63) is 29.8 Å². The van der Waals surface area contributed by atoms with Crippen molar-refractivity contribution in [2.45, 2.75) is 51.8 Å². The molecule has 3 rings (SSSR count). The number of benzene rings is 1. The number of rotatable bonds is 6. The van der Waals surface area contributed by atoms with E-state index in [-0.39, 0.29) is 5.75 Å². The van der Waals surface area contributed by atoms with Crippen LogP contribution < -0.4 is 4.74 Å². The molecule has 0 aromatic heterocycles. The van der Waals surface area contributed by atoms with Gasteiger partial charge in [-0.2, -0.15) is 8.78 Å². The van der Waals surface area contributed by atoms with Crippen LogP contribution in [0.1, 0.15) is 38.2 Å². The van der Waals surface area contributed by atoms with Gasteiger partial charge in [0, 0.05) is 12.6 Å². The maximum absolute atomic E-state index is 12.3. The molecule has 24 heavy (non-hydrogen) atoms. The molecule has 2 aliphatic rings. The highest BCUT2D eigenvalue weighted by atomic mass is 19.3. The highest BCUT2D eigenvalue weighted by molar-refractivity contribution is 5.28. The summed E-state index contributed by atoms with van der Waals surface area (Å²) < 4.78 is 29.1. The predicted octanol–water partition coefficient (Wildman–Crippen LogP) is 3.98. The minimum Gasteiger partial charge on any atom is -0.435 e. The maximum Gasteiger partial charge on any atom is 0.387 e. The van der Waals surface area contributed by atoms with E-state index in [2.05, 4.69) is 21.5 Å². The van der Waals surface area contributed by atoms with E-state index in [1.807, 2.05) is 6.07 Å². The summed E-state index contributed by atoms with van der Waals surface area (Å²) in [5, 5.41) is 0. The standard InChI is InChI=1S/C19H28F2N2O/c1-15(23-9-2-3-10-23)17-7-11-22(12-8-17)14-16-5-4-6-18(13-16)24-19(20)21/h4-6,13,15,17,19H,2-3,7-12,14H2,1H3/t15-/m0/s1. The number of alkyl halides is 2. The molecule has 0 aliphatic carbocycles. The van der Waals surface area contributed by atoms with Crippen LogP contribution in [-0.4, -0.2) is 48.6 Å². The lowest BCUT2D eigenvalue weighted by molar-refractivity contribution is -0.0499. The number of piperidine rings is 1. The Morgan fingerprint density at radius 2 is 1.83 bits per heavy atom. The molecule has 0 spiro atoms. The van der Waals surface area contributed by atoms with Crippen LogP contribution in [0, 0.1) is 5.92 Å². The fraction of sp³-hybridized carbons (Fsp3) is 0.684. The van der Waals surface area contributed by atoms with Crippen molar-refractivity contribution in [3.63, 3.8) is 0 Å². The van der Waals surface area contributed by atoms with Crippen LogP contribution in [-0.2, 0) is 6.54 Å². The van der Waals surface area contributed by atoms with E-state index < -0.39 is 6.61 Å². The summed E-state index contributed by atoms with van der Waals surface area (Å²) in [7, 11) is 0. The first-order valence-electron chi connectivity index (χ1n) is 9.12. The second-order valence-electron chi connectivity index (χ2n) is 7.12. The normalized spacial score (nSPS) is 22.2. The average molecular weight is 338 g/mol. The van der Waals surface area contributed by atoms with Gasteiger partial charge in [-0.15, -0.1) is 0 Å². The largest absolute Gasteiger partial charge is 0.435 e. The van der Waals surface area contributed by atoms with E-state index in [1.165, 1.54) is 38.8 Å². The van der Waals surface area contributed by atoms with Crippen LogP contribution in [0.5, 0.6) is 5.75 Å². The lowest BCUT2D eigenvalue weighted by Crippen LogP contribution is -2.42. The van der Waals surface area contributed by atoms with E-state index >= 15 is 0 Å². The predicted molar refractivity (Wildman–Crippen MR) is 91.3 cm³/mol. The number of ether oxygens (including phenoxy) is 1. The summed E-state index contributed by atoms with van der Waals surface area (Å²) in [6.45, 7) is 5.13. The molecular formula is C19H28F2N2O. The number of likely N-dealkylation sites (tertiary alicyclic amines) is 2. The fourth-order valence-corrected chi connectivity index (χ4v) is 4.12. The van der Waals surface area contributed by atoms with Crippen molar-refractivity contribution in [3.8, 4) is 5.75 Å². The third kappa shape index (κ3) is 4.67. The Morgan fingerprint density at radius 1 is 1.12 bits per heavy atom. The summed E-state index contributed by atoms with van der Waals surface area (Å²) >= 11 is 0. The Morgan fingerprint density at radius 3 is 2.50 bits per heavy atom. The zero-order chi connectivity index (χ0) is 16.9. The highest BCUT2D eigenvalue weighted by Crippen LogP contribution is 2.27. The van der Waals surface area contributed by atoms with Gasteiger partial charge in [-0.1, -0.05) is 12.1 Å². The van der Waals surface area contributed by atoms with Crippen molar-refractivity contribution >= 4 is 0 Å². The molecule has 2 saturated heterocycles. The number of nitrogens with zero attached hydrogens (tertiary/aromatic N) is 2. The van der Waals surface area contributed by atoms with Crippen LogP contribution in [0.15, 0.2) is 24.3 Å². The van der Waals surface area contributed by atoms with Crippen LogP contribution in [0.2, 0.25) is 0 Å². The van der Waals surface area contributed by atoms with Gasteiger partial charge in [-0.25, -0.2) is 0 Å². The van der Waals surface area contributed by atoms with Crippen molar-refractivity contribution in [1.29, 1.82) is 0 Å². The van der Waals surface area contributed by atoms with Crippen molar-refractivity contribution in [1.82, 2.24) is 9.80 Å². The van der Waals surface area contributed by atoms with E-state index in [9.17, 15) is 8.78 Å². The van der Waals surface area contributed by atoms with Crippen LogP contribution >= 0.6 is 0 Å². The van der Waals surface area contributed by atoms with Crippen molar-refractivity contribution in [2.24, 2.45) is 5.92 Å². The molecule has 1 aromatic carbocycles. The molecule has 3 nitrogen and oxygen atoms in total.